The van der Waals surface area contributed by atoms with E-state index in [2.05, 4.69) is 433 Å². The molecular weight excluding hydrogens is 1540 g/mol. The Morgan fingerprint density at radius 2 is 0.563 bits per heavy atom. The molecule has 2 nitrogen and oxygen atoms in total. The van der Waals surface area contributed by atoms with Crippen LogP contribution in [0.15, 0.2) is 429 Å². The molecule has 0 radical (unpaired) electrons. The Morgan fingerprint density at radius 3 is 1.08 bits per heavy atom. The van der Waals surface area contributed by atoms with Crippen LogP contribution in [0.1, 0.15) is 44.5 Å². The van der Waals surface area contributed by atoms with Gasteiger partial charge in [0, 0.05) is 73.3 Å². The number of nitrogens with one attached hydrogen (secondary N) is 1. The lowest BCUT2D eigenvalue weighted by atomic mass is 9.70. The first-order chi connectivity index (χ1) is 58.9. The van der Waals surface area contributed by atoms with E-state index in [9.17, 15) is 0 Å². The Morgan fingerprint density at radius 1 is 0.210 bits per heavy atom. The summed E-state index contributed by atoms with van der Waals surface area (Å²) in [6.07, 6.45) is 0. The number of anilines is 5. The van der Waals surface area contributed by atoms with Gasteiger partial charge in [0.25, 0.3) is 0 Å². The van der Waals surface area contributed by atoms with Gasteiger partial charge >= 0.3 is 0 Å². The van der Waals surface area contributed by atoms with Crippen molar-refractivity contribution >= 4 is 150 Å². The zero-order chi connectivity index (χ0) is 78.4. The standard InChI is InChI=1S/C57H35NS.C41H23BrS.C16H13N/c1-2-15-41(16-3-1)58(42-26-22-36-12-4-5-14-38(36)32-42)43-27-31-55-48(35-43)47-33-40(25-30-54(47)59-55)39-24-28-52-49(34-39)56-44-17-7-6-13-37(44)23-29-53(56)57(52)50-20-10-8-18-45(50)46-19-9-11-21-51(46)57;42-27-16-20-39-32(23-27)31-21-26(15-19-38(31)43-39)25-14-17-36-33(22-25)40-28-8-2-1-7-24(28)13-18-37(40)41(36)34-11-5-3-9-29(34)30-10-4-6-12-35(30)41;1-2-8-15(9-3-1)17-16-11-10-13-6-4-5-7-14(13)12-16/h1-35H;1-23H;1-12,17H. The van der Waals surface area contributed by atoms with E-state index in [4.69, 9.17) is 0 Å². The third kappa shape index (κ3) is 10.8. The molecule has 0 bridgehead atoms. The summed E-state index contributed by atoms with van der Waals surface area (Å²) in [5.74, 6) is 0. The molecule has 0 atom stereocenters. The van der Waals surface area contributed by atoms with Crippen LogP contribution in [-0.2, 0) is 10.8 Å². The van der Waals surface area contributed by atoms with Crippen LogP contribution in [0.5, 0.6) is 0 Å². The van der Waals surface area contributed by atoms with Crippen LogP contribution in [0.25, 0.3) is 150 Å². The van der Waals surface area contributed by atoms with Gasteiger partial charge in [-0.2, -0.15) is 0 Å². The van der Waals surface area contributed by atoms with E-state index in [1.165, 1.54) is 195 Å². The zero-order valence-corrected chi connectivity index (χ0v) is 67.8. The van der Waals surface area contributed by atoms with Gasteiger partial charge in [0.05, 0.1) is 10.8 Å². The van der Waals surface area contributed by atoms with Gasteiger partial charge < -0.3 is 10.2 Å². The average Bonchev–Trinajstić information content (AvgIpc) is 1.51. The van der Waals surface area contributed by atoms with Crippen molar-refractivity contribution in [3.05, 3.63) is 474 Å². The Balaban J connectivity index is 0.000000117. The van der Waals surface area contributed by atoms with Gasteiger partial charge in [-0.25, -0.2) is 0 Å². The molecule has 4 aliphatic rings. The summed E-state index contributed by atoms with van der Waals surface area (Å²) in [6.45, 7) is 0. The number of halogens is 1. The van der Waals surface area contributed by atoms with Gasteiger partial charge in [-0.3, -0.25) is 0 Å². The maximum absolute atomic E-state index is 3.69. The van der Waals surface area contributed by atoms with E-state index >= 15 is 0 Å². The van der Waals surface area contributed by atoms with Crippen LogP contribution in [0.4, 0.5) is 28.4 Å². The molecule has 0 amide bonds. The van der Waals surface area contributed by atoms with Gasteiger partial charge in [-0.05, 0) is 276 Å². The second kappa shape index (κ2) is 27.6. The molecule has 2 heterocycles. The highest BCUT2D eigenvalue weighted by Crippen LogP contribution is 2.66. The Kier molecular flexibility index (Phi) is 16.0. The first-order valence-corrected chi connectivity index (χ1v) is 43.3. The van der Waals surface area contributed by atoms with Gasteiger partial charge in [0.2, 0.25) is 0 Å². The Labute approximate surface area is 706 Å². The molecule has 5 heteroatoms. The lowest BCUT2D eigenvalue weighted by Crippen LogP contribution is -2.25. The van der Waals surface area contributed by atoms with Crippen LogP contribution in [0.3, 0.4) is 0 Å². The second-order valence-electron chi connectivity index (χ2n) is 31.8. The van der Waals surface area contributed by atoms with Crippen LogP contribution < -0.4 is 10.2 Å². The van der Waals surface area contributed by atoms with Crippen LogP contribution in [0.2, 0.25) is 0 Å². The lowest BCUT2D eigenvalue weighted by Gasteiger charge is -2.30. The third-order valence-corrected chi connectivity index (χ3v) is 28.4. The summed E-state index contributed by atoms with van der Waals surface area (Å²) in [6, 6.07) is 157. The first-order valence-electron chi connectivity index (χ1n) is 40.8. The van der Waals surface area contributed by atoms with Crippen molar-refractivity contribution in [2.24, 2.45) is 0 Å². The van der Waals surface area contributed by atoms with Crippen molar-refractivity contribution in [3.63, 3.8) is 0 Å². The molecule has 0 saturated carbocycles. The predicted molar refractivity (Wildman–Crippen MR) is 511 cm³/mol. The number of hydrogen-bond acceptors (Lipinski definition) is 4. The maximum atomic E-state index is 3.69. The number of para-hydroxylation sites is 2. The summed E-state index contributed by atoms with van der Waals surface area (Å²) in [7, 11) is 0. The largest absolute Gasteiger partial charge is 0.356 e. The van der Waals surface area contributed by atoms with Crippen molar-refractivity contribution in [1.82, 2.24) is 0 Å². The Hall–Kier alpha value is -14.0. The molecule has 2 aromatic heterocycles. The van der Waals surface area contributed by atoms with E-state index < -0.39 is 0 Å². The topological polar surface area (TPSA) is 15.3 Å². The van der Waals surface area contributed by atoms with E-state index in [0.717, 1.165) is 32.9 Å². The molecule has 26 rings (SSSR count). The van der Waals surface area contributed by atoms with Gasteiger partial charge in [-0.1, -0.05) is 319 Å². The highest BCUT2D eigenvalue weighted by molar-refractivity contribution is 9.10. The van der Waals surface area contributed by atoms with Crippen molar-refractivity contribution in [2.75, 3.05) is 10.2 Å². The SMILES string of the molecule is Brc1ccc2sc3ccc(-c4ccc5c(c4)-c4c(ccc6ccccc46)C54c5ccccc5-c5ccccc54)cc3c2c1.c1ccc(N(c2ccc3ccccc3c2)c2ccc3sc4ccc(-c5ccc6c(c5)-c5c(ccc7ccccc57)C65c6ccccc6-c6ccccc65)cc4c3c2)cc1.c1ccc(Nc2ccc3ccccc3c2)cc1. The number of hydrogen-bond donors (Lipinski definition) is 1. The van der Waals surface area contributed by atoms with Gasteiger partial charge in [0.15, 0.2) is 0 Å². The fraction of sp³-hybridized carbons (Fsp3) is 0.0175. The summed E-state index contributed by atoms with van der Waals surface area (Å²) < 4.78 is 6.36. The van der Waals surface area contributed by atoms with Crippen molar-refractivity contribution in [2.45, 2.75) is 10.8 Å². The molecule has 556 valence electrons. The highest BCUT2D eigenvalue weighted by Gasteiger charge is 2.54. The average molecular weight is 1610 g/mol. The molecule has 119 heavy (non-hydrogen) atoms. The third-order valence-electron chi connectivity index (χ3n) is 25.6. The summed E-state index contributed by atoms with van der Waals surface area (Å²) >= 11 is 7.43. The molecular formula is C114H71BrN2S2. The van der Waals surface area contributed by atoms with Gasteiger partial charge in [-0.15, -0.1) is 22.7 Å². The summed E-state index contributed by atoms with van der Waals surface area (Å²) in [4.78, 5) is 2.39. The molecule has 2 spiro atoms. The predicted octanol–water partition coefficient (Wildman–Crippen LogP) is 32.4. The minimum atomic E-state index is -0.375. The van der Waals surface area contributed by atoms with E-state index in [1.807, 2.05) is 40.9 Å². The number of rotatable bonds is 7. The normalized spacial score (nSPS) is 13.1. The van der Waals surface area contributed by atoms with E-state index in [-0.39, 0.29) is 10.8 Å². The fourth-order valence-corrected chi connectivity index (χ4v) is 23.0. The first kappa shape index (κ1) is 69.3. The van der Waals surface area contributed by atoms with Crippen LogP contribution in [-0.4, -0.2) is 0 Å². The maximum Gasteiger partial charge on any atom is 0.0725 e. The quantitative estimate of drug-likeness (QED) is 0.171. The van der Waals surface area contributed by atoms with Crippen molar-refractivity contribution < 1.29 is 0 Å². The molecule has 0 fully saturated rings. The molecule has 22 aromatic rings. The second-order valence-corrected chi connectivity index (χ2v) is 34.9. The summed E-state index contributed by atoms with van der Waals surface area (Å²) in [5.41, 5.74) is 31.7. The molecule has 0 saturated heterocycles. The minimum Gasteiger partial charge on any atom is -0.356 e. The Bertz CT molecular complexity index is 7860. The molecule has 1 N–H and O–H groups in total. The van der Waals surface area contributed by atoms with E-state index in [1.54, 1.807) is 0 Å². The van der Waals surface area contributed by atoms with E-state index in [0.29, 0.717) is 0 Å². The highest BCUT2D eigenvalue weighted by atomic mass is 79.9. The number of benzene rings is 20. The summed E-state index contributed by atoms with van der Waals surface area (Å²) in [5, 5.41) is 18.8. The molecule has 4 aliphatic carbocycles. The fourth-order valence-electron chi connectivity index (χ4n) is 20.5. The molecule has 20 aromatic carbocycles. The smallest absolute Gasteiger partial charge is 0.0725 e. The van der Waals surface area contributed by atoms with Crippen molar-refractivity contribution in [1.29, 1.82) is 0 Å². The molecule has 0 unspecified atom stereocenters. The number of fused-ring (bicyclic) bond motifs is 32. The van der Waals surface area contributed by atoms with Crippen LogP contribution in [0, 0.1) is 0 Å². The minimum absolute atomic E-state index is 0.333. The zero-order valence-electron chi connectivity index (χ0n) is 64.6. The monoisotopic (exact) mass is 1610 g/mol. The molecule has 0 aliphatic heterocycles. The lowest BCUT2D eigenvalue weighted by molar-refractivity contribution is 0.794. The van der Waals surface area contributed by atoms with Crippen molar-refractivity contribution in [3.8, 4) is 66.8 Å². The number of nitrogens with zero attached hydrogens (tertiary/aromatic N) is 1. The van der Waals surface area contributed by atoms with Gasteiger partial charge in [0.1, 0.15) is 0 Å². The van der Waals surface area contributed by atoms with Crippen LogP contribution >= 0.6 is 38.6 Å². The number of thiophene rings is 2.